The van der Waals surface area contributed by atoms with Gasteiger partial charge in [-0.15, -0.1) is 5.10 Å². The van der Waals surface area contributed by atoms with Crippen LogP contribution in [-0.2, 0) is 6.54 Å². The van der Waals surface area contributed by atoms with Crippen LogP contribution in [0.4, 0.5) is 11.8 Å². The zero-order chi connectivity index (χ0) is 16.4. The lowest BCUT2D eigenvalue weighted by molar-refractivity contribution is 0.265. The summed E-state index contributed by atoms with van der Waals surface area (Å²) in [5.74, 6) is 1.24. The molecule has 124 valence electrons. The summed E-state index contributed by atoms with van der Waals surface area (Å²) < 4.78 is 0. The van der Waals surface area contributed by atoms with E-state index in [1.165, 1.54) is 0 Å². The maximum atomic E-state index is 9.55. The molecule has 0 bridgehead atoms. The SMILES string of the molecule is OC[C@H]1CCCN1c1nc(NCc2ccccc2)c2n[nH]nc2n1. The Kier molecular flexibility index (Phi) is 3.96. The lowest BCUT2D eigenvalue weighted by atomic mass is 10.2. The van der Waals surface area contributed by atoms with Crippen LogP contribution >= 0.6 is 0 Å². The quantitative estimate of drug-likeness (QED) is 0.650. The summed E-state index contributed by atoms with van der Waals surface area (Å²) in [4.78, 5) is 11.2. The van der Waals surface area contributed by atoms with Crippen molar-refractivity contribution in [3.8, 4) is 0 Å². The van der Waals surface area contributed by atoms with Crippen LogP contribution in [0.15, 0.2) is 30.3 Å². The van der Waals surface area contributed by atoms with E-state index in [0.29, 0.717) is 29.5 Å². The van der Waals surface area contributed by atoms with E-state index in [-0.39, 0.29) is 12.6 Å². The number of nitrogens with zero attached hydrogens (tertiary/aromatic N) is 5. The summed E-state index contributed by atoms with van der Waals surface area (Å²) in [5, 5.41) is 23.7. The van der Waals surface area contributed by atoms with Gasteiger partial charge in [0.05, 0.1) is 12.6 Å². The van der Waals surface area contributed by atoms with Gasteiger partial charge in [0.1, 0.15) is 0 Å². The molecule has 8 heteroatoms. The molecule has 1 saturated heterocycles. The molecule has 8 nitrogen and oxygen atoms in total. The van der Waals surface area contributed by atoms with Crippen LogP contribution in [0.3, 0.4) is 0 Å². The van der Waals surface area contributed by atoms with Crippen molar-refractivity contribution in [1.82, 2.24) is 25.4 Å². The molecule has 0 aliphatic carbocycles. The zero-order valence-electron chi connectivity index (χ0n) is 13.2. The number of fused-ring (bicyclic) bond motifs is 1. The smallest absolute Gasteiger partial charge is 0.229 e. The molecular weight excluding hydrogens is 306 g/mol. The van der Waals surface area contributed by atoms with Crippen molar-refractivity contribution in [1.29, 1.82) is 0 Å². The topological polar surface area (TPSA) is 103 Å². The molecule has 1 fully saturated rings. The third kappa shape index (κ3) is 2.76. The Bertz CT molecular complexity index is 820. The van der Waals surface area contributed by atoms with Crippen molar-refractivity contribution < 1.29 is 5.11 Å². The van der Waals surface area contributed by atoms with Crippen LogP contribution in [0.5, 0.6) is 0 Å². The van der Waals surface area contributed by atoms with Crippen LogP contribution in [0.1, 0.15) is 18.4 Å². The average molecular weight is 325 g/mol. The highest BCUT2D eigenvalue weighted by Gasteiger charge is 2.27. The first-order chi connectivity index (χ1) is 11.8. The van der Waals surface area contributed by atoms with Crippen molar-refractivity contribution in [3.05, 3.63) is 35.9 Å². The number of aliphatic hydroxyl groups excluding tert-OH is 1. The maximum Gasteiger partial charge on any atom is 0.229 e. The lowest BCUT2D eigenvalue weighted by Crippen LogP contribution is -2.33. The lowest BCUT2D eigenvalue weighted by Gasteiger charge is -2.23. The van der Waals surface area contributed by atoms with Gasteiger partial charge in [-0.3, -0.25) is 0 Å². The van der Waals surface area contributed by atoms with Crippen LogP contribution in [0.25, 0.3) is 11.2 Å². The summed E-state index contributed by atoms with van der Waals surface area (Å²) in [6, 6.07) is 10.2. The van der Waals surface area contributed by atoms with E-state index >= 15 is 0 Å². The van der Waals surface area contributed by atoms with Gasteiger partial charge in [-0.2, -0.15) is 20.3 Å². The van der Waals surface area contributed by atoms with Crippen LogP contribution in [0, 0.1) is 0 Å². The van der Waals surface area contributed by atoms with Gasteiger partial charge in [0, 0.05) is 13.1 Å². The molecule has 1 aromatic carbocycles. The predicted octanol–water partition coefficient (Wildman–Crippen LogP) is 1.32. The molecule has 2 aromatic heterocycles. The Balaban J connectivity index is 1.65. The Morgan fingerprint density at radius 2 is 2.08 bits per heavy atom. The molecule has 1 atom stereocenters. The monoisotopic (exact) mass is 325 g/mol. The Labute approximate surface area is 138 Å². The first-order valence-corrected chi connectivity index (χ1v) is 8.09. The minimum atomic E-state index is 0.0660. The first kappa shape index (κ1) is 14.8. The van der Waals surface area contributed by atoms with E-state index in [2.05, 4.69) is 42.8 Å². The van der Waals surface area contributed by atoms with E-state index in [4.69, 9.17) is 0 Å². The summed E-state index contributed by atoms with van der Waals surface area (Å²) in [5.41, 5.74) is 2.30. The van der Waals surface area contributed by atoms with Gasteiger partial charge in [0.15, 0.2) is 11.3 Å². The summed E-state index contributed by atoms with van der Waals surface area (Å²) in [6.07, 6.45) is 1.97. The van der Waals surface area contributed by atoms with E-state index in [0.717, 1.165) is 24.9 Å². The third-order valence-electron chi connectivity index (χ3n) is 4.32. The molecule has 3 N–H and O–H groups in total. The number of hydrogen-bond acceptors (Lipinski definition) is 7. The molecule has 4 rings (SSSR count). The fraction of sp³-hybridized carbons (Fsp3) is 0.375. The number of aromatic nitrogens is 5. The number of aliphatic hydroxyl groups is 1. The molecule has 3 heterocycles. The highest BCUT2D eigenvalue weighted by molar-refractivity contribution is 5.83. The Morgan fingerprint density at radius 1 is 1.21 bits per heavy atom. The molecule has 0 unspecified atom stereocenters. The summed E-state index contributed by atoms with van der Waals surface area (Å²) in [6.45, 7) is 1.59. The molecule has 1 aliphatic rings. The zero-order valence-corrected chi connectivity index (χ0v) is 13.2. The second-order valence-electron chi connectivity index (χ2n) is 5.88. The summed E-state index contributed by atoms with van der Waals surface area (Å²) >= 11 is 0. The predicted molar refractivity (Wildman–Crippen MR) is 90.7 cm³/mol. The number of aromatic amines is 1. The van der Waals surface area contributed by atoms with Crippen molar-refractivity contribution in [3.63, 3.8) is 0 Å². The van der Waals surface area contributed by atoms with Gasteiger partial charge in [0.2, 0.25) is 11.6 Å². The minimum absolute atomic E-state index is 0.0660. The second kappa shape index (κ2) is 6.40. The van der Waals surface area contributed by atoms with Crippen LogP contribution < -0.4 is 10.2 Å². The fourth-order valence-electron chi connectivity index (χ4n) is 3.06. The van der Waals surface area contributed by atoms with Crippen molar-refractivity contribution in [2.45, 2.75) is 25.4 Å². The molecule has 0 radical (unpaired) electrons. The first-order valence-electron chi connectivity index (χ1n) is 8.09. The minimum Gasteiger partial charge on any atom is -0.394 e. The molecule has 3 aromatic rings. The van der Waals surface area contributed by atoms with E-state index in [9.17, 15) is 5.11 Å². The van der Waals surface area contributed by atoms with Crippen molar-refractivity contribution in [2.24, 2.45) is 0 Å². The van der Waals surface area contributed by atoms with E-state index in [1.54, 1.807) is 0 Å². The van der Waals surface area contributed by atoms with Gasteiger partial charge < -0.3 is 15.3 Å². The fourth-order valence-corrected chi connectivity index (χ4v) is 3.06. The molecule has 0 saturated carbocycles. The van der Waals surface area contributed by atoms with Gasteiger partial charge in [-0.05, 0) is 18.4 Å². The van der Waals surface area contributed by atoms with Crippen molar-refractivity contribution >= 4 is 22.9 Å². The molecule has 24 heavy (non-hydrogen) atoms. The number of nitrogens with one attached hydrogen (secondary N) is 2. The second-order valence-corrected chi connectivity index (χ2v) is 5.88. The average Bonchev–Trinajstić information content (AvgIpc) is 3.29. The van der Waals surface area contributed by atoms with E-state index < -0.39 is 0 Å². The molecular formula is C16H19N7O. The van der Waals surface area contributed by atoms with Gasteiger partial charge in [0.25, 0.3) is 0 Å². The third-order valence-corrected chi connectivity index (χ3v) is 4.32. The number of anilines is 2. The highest BCUT2D eigenvalue weighted by Crippen LogP contribution is 2.26. The Morgan fingerprint density at radius 3 is 2.92 bits per heavy atom. The van der Waals surface area contributed by atoms with E-state index in [1.807, 2.05) is 23.1 Å². The molecule has 0 amide bonds. The van der Waals surface area contributed by atoms with Gasteiger partial charge in [-0.1, -0.05) is 30.3 Å². The summed E-state index contributed by atoms with van der Waals surface area (Å²) in [7, 11) is 0. The molecule has 0 spiro atoms. The number of H-pyrrole nitrogens is 1. The molecule has 1 aliphatic heterocycles. The number of rotatable bonds is 5. The number of benzene rings is 1. The van der Waals surface area contributed by atoms with Gasteiger partial charge in [-0.25, -0.2) is 0 Å². The van der Waals surface area contributed by atoms with Crippen LogP contribution in [0.2, 0.25) is 0 Å². The standard InChI is InChI=1S/C16H19N7O/c24-10-12-7-4-8-23(12)16-18-14(13-15(19-16)21-22-20-13)17-9-11-5-2-1-3-6-11/h1-3,5-6,12,24H,4,7-10H2,(H2,17,18,19,20,21,22)/t12-/m1/s1. The van der Waals surface area contributed by atoms with Crippen LogP contribution in [-0.4, -0.2) is 49.7 Å². The van der Waals surface area contributed by atoms with Gasteiger partial charge >= 0.3 is 0 Å². The Hall–Kier alpha value is -2.74. The number of hydrogen-bond donors (Lipinski definition) is 3. The normalized spacial score (nSPS) is 17.5. The van der Waals surface area contributed by atoms with Crippen molar-refractivity contribution in [2.75, 3.05) is 23.4 Å². The largest absolute Gasteiger partial charge is 0.394 e. The maximum absolute atomic E-state index is 9.55. The highest BCUT2D eigenvalue weighted by atomic mass is 16.3.